The average Bonchev–Trinajstić information content (AvgIpc) is 3.59. The van der Waals surface area contributed by atoms with Crippen LogP contribution in [0.5, 0.6) is 0 Å². The molecule has 10 aromatic rings. The molecule has 0 aliphatic heterocycles. The number of nitrogens with zero attached hydrogens (tertiary/aromatic N) is 3. The van der Waals surface area contributed by atoms with Crippen molar-refractivity contribution >= 4 is 43.5 Å². The van der Waals surface area contributed by atoms with Crippen molar-refractivity contribution in [2.45, 2.75) is 0 Å². The van der Waals surface area contributed by atoms with E-state index in [1.54, 1.807) is 0 Å². The predicted octanol–water partition coefficient (Wildman–Crippen LogP) is 12.4. The van der Waals surface area contributed by atoms with E-state index < -0.39 is 0 Å². The molecule has 238 valence electrons. The fraction of sp³-hybridized carbons (Fsp3) is 0. The summed E-state index contributed by atoms with van der Waals surface area (Å²) in [6.45, 7) is 0. The molecule has 51 heavy (non-hydrogen) atoms. The highest BCUT2D eigenvalue weighted by atomic mass is 16.3. The van der Waals surface area contributed by atoms with Crippen molar-refractivity contribution in [3.8, 4) is 56.4 Å². The van der Waals surface area contributed by atoms with Crippen molar-refractivity contribution in [3.63, 3.8) is 0 Å². The van der Waals surface area contributed by atoms with E-state index in [1.165, 1.54) is 5.39 Å². The lowest BCUT2D eigenvalue weighted by Gasteiger charge is -2.14. The van der Waals surface area contributed by atoms with E-state index in [0.717, 1.165) is 77.0 Å². The summed E-state index contributed by atoms with van der Waals surface area (Å²) < 4.78 is 6.31. The summed E-state index contributed by atoms with van der Waals surface area (Å²) in [6, 6.07) is 61.1. The Bertz CT molecular complexity index is 2860. The molecule has 0 fully saturated rings. The van der Waals surface area contributed by atoms with E-state index in [4.69, 9.17) is 19.4 Å². The fourth-order valence-corrected chi connectivity index (χ4v) is 7.22. The molecule has 0 radical (unpaired) electrons. The van der Waals surface area contributed by atoms with Crippen molar-refractivity contribution in [1.29, 1.82) is 0 Å². The summed E-state index contributed by atoms with van der Waals surface area (Å²) >= 11 is 0. The number of hydrogen-bond donors (Lipinski definition) is 0. The molecule has 0 aliphatic carbocycles. The summed E-state index contributed by atoms with van der Waals surface area (Å²) in [4.78, 5) is 15.7. The van der Waals surface area contributed by atoms with Crippen LogP contribution in [0.25, 0.3) is 99.9 Å². The van der Waals surface area contributed by atoms with E-state index in [-0.39, 0.29) is 0 Å². The molecule has 0 spiro atoms. The third kappa shape index (κ3) is 5.13. The highest BCUT2D eigenvalue weighted by Crippen LogP contribution is 2.37. The quantitative estimate of drug-likeness (QED) is 0.174. The van der Waals surface area contributed by atoms with Gasteiger partial charge in [0.25, 0.3) is 0 Å². The second-order valence-electron chi connectivity index (χ2n) is 12.8. The lowest BCUT2D eigenvalue weighted by atomic mass is 9.95. The number of para-hydroxylation sites is 1. The van der Waals surface area contributed by atoms with Gasteiger partial charge in [0.2, 0.25) is 0 Å². The molecule has 10 rings (SSSR count). The van der Waals surface area contributed by atoms with Gasteiger partial charge in [-0.2, -0.15) is 0 Å². The highest BCUT2D eigenvalue weighted by molar-refractivity contribution is 6.13. The third-order valence-corrected chi connectivity index (χ3v) is 9.69. The molecule has 2 aromatic heterocycles. The van der Waals surface area contributed by atoms with Crippen LogP contribution in [0.4, 0.5) is 0 Å². The molecule has 0 aliphatic rings. The van der Waals surface area contributed by atoms with E-state index in [1.807, 2.05) is 36.4 Å². The van der Waals surface area contributed by atoms with Crippen molar-refractivity contribution < 1.29 is 4.42 Å². The van der Waals surface area contributed by atoms with Crippen molar-refractivity contribution in [3.05, 3.63) is 176 Å². The van der Waals surface area contributed by atoms with Gasteiger partial charge in [-0.15, -0.1) is 0 Å². The molecule has 0 saturated carbocycles. The predicted molar refractivity (Wildman–Crippen MR) is 209 cm³/mol. The molecular weight excluding hydrogens is 623 g/mol. The zero-order chi connectivity index (χ0) is 33.7. The van der Waals surface area contributed by atoms with E-state index in [2.05, 4.69) is 140 Å². The van der Waals surface area contributed by atoms with Gasteiger partial charge in [-0.3, -0.25) is 0 Å². The SMILES string of the molecule is c1ccc(-c2cc(-c3ccccc3)cc(-c3nc(-c4ccc5c(c4)oc4ccccc45)nc(-c4cccc5ccc6ccccc6c45)n3)c2)cc1. The van der Waals surface area contributed by atoms with E-state index in [0.29, 0.717) is 17.5 Å². The Balaban J connectivity index is 1.25. The van der Waals surface area contributed by atoms with Crippen LogP contribution in [0.2, 0.25) is 0 Å². The molecule has 0 bridgehead atoms. The summed E-state index contributed by atoms with van der Waals surface area (Å²) in [5, 5.41) is 6.74. The third-order valence-electron chi connectivity index (χ3n) is 9.69. The van der Waals surface area contributed by atoms with Gasteiger partial charge in [0.1, 0.15) is 11.2 Å². The molecule has 4 nitrogen and oxygen atoms in total. The van der Waals surface area contributed by atoms with Crippen LogP contribution >= 0.6 is 0 Å². The van der Waals surface area contributed by atoms with E-state index in [9.17, 15) is 0 Å². The van der Waals surface area contributed by atoms with Crippen LogP contribution in [0.3, 0.4) is 0 Å². The smallest absolute Gasteiger partial charge is 0.164 e. The van der Waals surface area contributed by atoms with Crippen LogP contribution < -0.4 is 0 Å². The normalized spacial score (nSPS) is 11.5. The van der Waals surface area contributed by atoms with Gasteiger partial charge in [0.15, 0.2) is 17.5 Å². The van der Waals surface area contributed by atoms with E-state index >= 15 is 0 Å². The zero-order valence-corrected chi connectivity index (χ0v) is 27.5. The first-order valence-corrected chi connectivity index (χ1v) is 17.1. The van der Waals surface area contributed by atoms with Crippen LogP contribution in [0.15, 0.2) is 180 Å². The van der Waals surface area contributed by atoms with Crippen molar-refractivity contribution in [2.75, 3.05) is 0 Å². The fourth-order valence-electron chi connectivity index (χ4n) is 7.22. The standard InChI is InChI=1S/C47H29N3O/c1-3-12-30(13-4-1)35-26-36(31-14-5-2-6-15-31)28-37(27-35)46-48-45(34-24-25-40-39-19-9-10-21-42(39)51-43(40)29-34)49-47(50-46)41-20-11-17-33-23-22-32-16-7-8-18-38(32)44(33)41/h1-29H. The maximum atomic E-state index is 6.31. The van der Waals surface area contributed by atoms with Gasteiger partial charge in [-0.25, -0.2) is 15.0 Å². The molecule has 0 saturated heterocycles. The Morgan fingerprint density at radius 1 is 0.314 bits per heavy atom. The molecule has 4 heteroatoms. The van der Waals surface area contributed by atoms with Crippen LogP contribution in [0.1, 0.15) is 0 Å². The van der Waals surface area contributed by atoms with Crippen LogP contribution in [0, 0.1) is 0 Å². The molecule has 8 aromatic carbocycles. The molecular formula is C47H29N3O. The Labute approximate surface area is 294 Å². The molecule has 0 unspecified atom stereocenters. The number of benzene rings is 8. The highest BCUT2D eigenvalue weighted by Gasteiger charge is 2.18. The summed E-state index contributed by atoms with van der Waals surface area (Å²) in [5.41, 5.74) is 8.83. The van der Waals surface area contributed by atoms with Crippen molar-refractivity contribution in [1.82, 2.24) is 15.0 Å². The second kappa shape index (κ2) is 11.9. The molecule has 0 atom stereocenters. The number of fused-ring (bicyclic) bond motifs is 6. The first-order chi connectivity index (χ1) is 25.2. The van der Waals surface area contributed by atoms with Gasteiger partial charge >= 0.3 is 0 Å². The van der Waals surface area contributed by atoms with Crippen molar-refractivity contribution in [2.24, 2.45) is 0 Å². The average molecular weight is 652 g/mol. The maximum Gasteiger partial charge on any atom is 0.164 e. The first-order valence-electron chi connectivity index (χ1n) is 17.1. The van der Waals surface area contributed by atoms with Gasteiger partial charge in [-0.1, -0.05) is 140 Å². The monoisotopic (exact) mass is 651 g/mol. The molecule has 2 heterocycles. The Morgan fingerprint density at radius 3 is 1.65 bits per heavy atom. The molecule has 0 amide bonds. The first kappa shape index (κ1) is 29.0. The largest absolute Gasteiger partial charge is 0.456 e. The Morgan fingerprint density at radius 2 is 0.882 bits per heavy atom. The summed E-state index contributed by atoms with van der Waals surface area (Å²) in [7, 11) is 0. The maximum absolute atomic E-state index is 6.31. The lowest BCUT2D eigenvalue weighted by molar-refractivity contribution is 0.669. The number of aromatic nitrogens is 3. The van der Waals surface area contributed by atoms with Crippen LogP contribution in [-0.4, -0.2) is 15.0 Å². The minimum Gasteiger partial charge on any atom is -0.456 e. The zero-order valence-electron chi connectivity index (χ0n) is 27.5. The topological polar surface area (TPSA) is 51.8 Å². The summed E-state index contributed by atoms with van der Waals surface area (Å²) in [6.07, 6.45) is 0. The second-order valence-corrected chi connectivity index (χ2v) is 12.8. The minimum atomic E-state index is 0.584. The Kier molecular flexibility index (Phi) is 6.78. The molecule has 0 N–H and O–H groups in total. The summed E-state index contributed by atoms with van der Waals surface area (Å²) in [5.74, 6) is 1.81. The van der Waals surface area contributed by atoms with Crippen LogP contribution in [-0.2, 0) is 0 Å². The van der Waals surface area contributed by atoms with Gasteiger partial charge in [0.05, 0.1) is 0 Å². The number of furan rings is 1. The number of rotatable bonds is 5. The van der Waals surface area contributed by atoms with Gasteiger partial charge in [-0.05, 0) is 74.8 Å². The Hall–Kier alpha value is -6.91. The number of hydrogen-bond acceptors (Lipinski definition) is 4. The van der Waals surface area contributed by atoms with Gasteiger partial charge < -0.3 is 4.42 Å². The lowest BCUT2D eigenvalue weighted by Crippen LogP contribution is -2.01. The van der Waals surface area contributed by atoms with Gasteiger partial charge in [0, 0.05) is 32.8 Å². The minimum absolute atomic E-state index is 0.584.